The minimum absolute atomic E-state index is 0.0187. The number of carbonyl (C=O) groups is 1. The zero-order valence-electron chi connectivity index (χ0n) is 17.4. The second-order valence-corrected chi connectivity index (χ2v) is 7.33. The van der Waals surface area contributed by atoms with Gasteiger partial charge in [0.1, 0.15) is 11.6 Å². The smallest absolute Gasteiger partial charge is 0.307 e. The fourth-order valence-corrected chi connectivity index (χ4v) is 3.48. The molecule has 2 aromatic carbocycles. The molecule has 2 aromatic heterocycles. The Morgan fingerprint density at radius 1 is 1.06 bits per heavy atom. The summed E-state index contributed by atoms with van der Waals surface area (Å²) in [5.74, 6) is -0.0500. The predicted octanol–water partition coefficient (Wildman–Crippen LogP) is 3.91. The molecular formula is C22H18F3N5O2. The molecule has 0 aliphatic rings. The highest BCUT2D eigenvalue weighted by Gasteiger charge is 2.31. The summed E-state index contributed by atoms with van der Waals surface area (Å²) in [4.78, 5) is 30.4. The molecule has 0 atom stereocenters. The standard InChI is InChI=1S/C22H18F3N5O2/c1-12-10-17(30(3)28-12)26-20(31)15-8-5-9-16-18(15)27-19(29(2)21(16)32)13-6-4-7-14(11-13)22(23,24)25/h4-11H,1-3H3,(H,26,31). The van der Waals surface area contributed by atoms with E-state index in [2.05, 4.69) is 15.4 Å². The van der Waals surface area contributed by atoms with Gasteiger partial charge in [-0.3, -0.25) is 18.8 Å². The van der Waals surface area contributed by atoms with Crippen LogP contribution in [0.25, 0.3) is 22.3 Å². The van der Waals surface area contributed by atoms with Crippen molar-refractivity contribution in [3.8, 4) is 11.4 Å². The molecule has 1 amide bonds. The number of benzene rings is 2. The van der Waals surface area contributed by atoms with E-state index in [4.69, 9.17) is 0 Å². The van der Waals surface area contributed by atoms with Crippen molar-refractivity contribution in [2.45, 2.75) is 13.1 Å². The van der Waals surface area contributed by atoms with Crippen LogP contribution in [0.1, 0.15) is 21.6 Å². The van der Waals surface area contributed by atoms with Crippen LogP contribution >= 0.6 is 0 Å². The van der Waals surface area contributed by atoms with E-state index < -0.39 is 23.2 Å². The first kappa shape index (κ1) is 21.3. The third-order valence-electron chi connectivity index (χ3n) is 5.04. The van der Waals surface area contributed by atoms with Crippen molar-refractivity contribution in [1.29, 1.82) is 0 Å². The average Bonchev–Trinajstić information content (AvgIpc) is 3.06. The van der Waals surface area contributed by atoms with Crippen LogP contribution in [0.4, 0.5) is 19.0 Å². The van der Waals surface area contributed by atoms with Crippen molar-refractivity contribution in [2.75, 3.05) is 5.32 Å². The van der Waals surface area contributed by atoms with Gasteiger partial charge in [0, 0.05) is 25.7 Å². The Hall–Kier alpha value is -3.95. The molecule has 4 rings (SSSR count). The van der Waals surface area contributed by atoms with E-state index in [-0.39, 0.29) is 27.9 Å². The van der Waals surface area contributed by atoms with Crippen LogP contribution in [0.2, 0.25) is 0 Å². The summed E-state index contributed by atoms with van der Waals surface area (Å²) in [6.45, 7) is 1.78. The molecule has 2 heterocycles. The first-order valence-corrected chi connectivity index (χ1v) is 9.55. The first-order valence-electron chi connectivity index (χ1n) is 9.55. The van der Waals surface area contributed by atoms with E-state index in [1.165, 1.54) is 40.6 Å². The number of amides is 1. The van der Waals surface area contributed by atoms with Crippen LogP contribution in [-0.2, 0) is 20.3 Å². The van der Waals surface area contributed by atoms with Crippen LogP contribution in [0.15, 0.2) is 53.3 Å². The van der Waals surface area contributed by atoms with Gasteiger partial charge in [0.05, 0.1) is 27.7 Å². The Bertz CT molecular complexity index is 1420. The van der Waals surface area contributed by atoms with E-state index in [1.807, 2.05) is 0 Å². The van der Waals surface area contributed by atoms with Gasteiger partial charge in [-0.2, -0.15) is 18.3 Å². The van der Waals surface area contributed by atoms with Crippen LogP contribution in [-0.4, -0.2) is 25.2 Å². The number of hydrogen-bond acceptors (Lipinski definition) is 4. The van der Waals surface area contributed by atoms with Gasteiger partial charge < -0.3 is 5.32 Å². The minimum atomic E-state index is -4.54. The maximum absolute atomic E-state index is 13.2. The number of nitrogens with one attached hydrogen (secondary N) is 1. The third-order valence-corrected chi connectivity index (χ3v) is 5.04. The Labute approximate surface area is 180 Å². The number of fused-ring (bicyclic) bond motifs is 1. The summed E-state index contributed by atoms with van der Waals surface area (Å²) in [5, 5.41) is 7.07. The number of para-hydroxylation sites is 1. The van der Waals surface area contributed by atoms with Gasteiger partial charge in [0.25, 0.3) is 11.5 Å². The monoisotopic (exact) mass is 441 g/mol. The van der Waals surface area contributed by atoms with Crippen molar-refractivity contribution < 1.29 is 18.0 Å². The quantitative estimate of drug-likeness (QED) is 0.523. The van der Waals surface area contributed by atoms with Gasteiger partial charge in [-0.25, -0.2) is 4.98 Å². The number of aryl methyl sites for hydroxylation is 2. The summed E-state index contributed by atoms with van der Waals surface area (Å²) < 4.78 is 42.2. The lowest BCUT2D eigenvalue weighted by Gasteiger charge is -2.13. The Kier molecular flexibility index (Phi) is 5.08. The second-order valence-electron chi connectivity index (χ2n) is 7.33. The van der Waals surface area contributed by atoms with E-state index in [1.54, 1.807) is 26.1 Å². The summed E-state index contributed by atoms with van der Waals surface area (Å²) in [6, 6.07) is 10.8. The molecular weight excluding hydrogens is 423 g/mol. The van der Waals surface area contributed by atoms with Crippen molar-refractivity contribution in [3.05, 3.63) is 75.7 Å². The lowest BCUT2D eigenvalue weighted by molar-refractivity contribution is -0.137. The van der Waals surface area contributed by atoms with E-state index >= 15 is 0 Å². The predicted molar refractivity (Wildman–Crippen MR) is 113 cm³/mol. The zero-order valence-corrected chi connectivity index (χ0v) is 17.4. The van der Waals surface area contributed by atoms with Crippen molar-refractivity contribution in [1.82, 2.24) is 19.3 Å². The molecule has 0 spiro atoms. The van der Waals surface area contributed by atoms with Crippen molar-refractivity contribution in [2.24, 2.45) is 14.1 Å². The molecule has 0 saturated heterocycles. The number of aromatic nitrogens is 4. The number of alkyl halides is 3. The van der Waals surface area contributed by atoms with Gasteiger partial charge in [0.2, 0.25) is 0 Å². The normalized spacial score (nSPS) is 11.7. The van der Waals surface area contributed by atoms with Crippen LogP contribution in [0.3, 0.4) is 0 Å². The van der Waals surface area contributed by atoms with Crippen LogP contribution in [0, 0.1) is 6.92 Å². The highest BCUT2D eigenvalue weighted by Crippen LogP contribution is 2.32. The first-order chi connectivity index (χ1) is 15.1. The number of anilines is 1. The zero-order chi connectivity index (χ0) is 23.2. The highest BCUT2D eigenvalue weighted by molar-refractivity contribution is 6.11. The molecule has 164 valence electrons. The maximum Gasteiger partial charge on any atom is 0.416 e. The molecule has 0 aliphatic carbocycles. The second kappa shape index (κ2) is 7.63. The van der Waals surface area contributed by atoms with Gasteiger partial charge in [-0.15, -0.1) is 0 Å². The van der Waals surface area contributed by atoms with Crippen LogP contribution < -0.4 is 10.9 Å². The maximum atomic E-state index is 13.2. The number of hydrogen-bond donors (Lipinski definition) is 1. The fourth-order valence-electron chi connectivity index (χ4n) is 3.48. The minimum Gasteiger partial charge on any atom is -0.307 e. The topological polar surface area (TPSA) is 81.8 Å². The van der Waals surface area contributed by atoms with E-state index in [9.17, 15) is 22.8 Å². The summed E-state index contributed by atoms with van der Waals surface area (Å²) in [5.41, 5.74) is -0.305. The van der Waals surface area contributed by atoms with E-state index in [0.717, 1.165) is 12.1 Å². The lowest BCUT2D eigenvalue weighted by Crippen LogP contribution is -2.22. The number of carbonyl (C=O) groups excluding carboxylic acids is 1. The Morgan fingerprint density at radius 2 is 1.78 bits per heavy atom. The summed E-state index contributed by atoms with van der Waals surface area (Å²) >= 11 is 0. The third kappa shape index (κ3) is 3.75. The molecule has 7 nitrogen and oxygen atoms in total. The molecule has 0 aliphatic heterocycles. The SMILES string of the molecule is Cc1cc(NC(=O)c2cccc3c(=O)n(C)c(-c4cccc(C(F)(F)F)c4)nc23)n(C)n1. The number of nitrogens with zero attached hydrogens (tertiary/aromatic N) is 4. The lowest BCUT2D eigenvalue weighted by atomic mass is 10.1. The molecule has 10 heteroatoms. The average molecular weight is 441 g/mol. The molecule has 32 heavy (non-hydrogen) atoms. The van der Waals surface area contributed by atoms with Gasteiger partial charge in [-0.1, -0.05) is 18.2 Å². The molecule has 0 unspecified atom stereocenters. The van der Waals surface area contributed by atoms with Gasteiger partial charge in [0.15, 0.2) is 0 Å². The molecule has 0 fully saturated rings. The highest BCUT2D eigenvalue weighted by atomic mass is 19.4. The molecule has 4 aromatic rings. The molecule has 0 radical (unpaired) electrons. The Morgan fingerprint density at radius 3 is 2.44 bits per heavy atom. The Balaban J connectivity index is 1.87. The molecule has 0 bridgehead atoms. The summed E-state index contributed by atoms with van der Waals surface area (Å²) in [7, 11) is 3.10. The fraction of sp³-hybridized carbons (Fsp3) is 0.182. The van der Waals surface area contributed by atoms with Crippen LogP contribution in [0.5, 0.6) is 0 Å². The van der Waals surface area contributed by atoms with Crippen molar-refractivity contribution >= 4 is 22.6 Å². The molecule has 0 saturated carbocycles. The van der Waals surface area contributed by atoms with Crippen molar-refractivity contribution in [3.63, 3.8) is 0 Å². The van der Waals surface area contributed by atoms with E-state index in [0.29, 0.717) is 11.5 Å². The van der Waals surface area contributed by atoms with Gasteiger partial charge in [-0.05, 0) is 31.2 Å². The largest absolute Gasteiger partial charge is 0.416 e. The molecule has 1 N–H and O–H groups in total. The number of rotatable bonds is 3. The van der Waals surface area contributed by atoms with Gasteiger partial charge >= 0.3 is 6.18 Å². The number of halogens is 3. The summed E-state index contributed by atoms with van der Waals surface area (Å²) in [6.07, 6.45) is -4.54.